The van der Waals surface area contributed by atoms with Crippen molar-refractivity contribution in [2.45, 2.75) is 0 Å². The Morgan fingerprint density at radius 2 is 1.62 bits per heavy atom. The second-order valence-corrected chi connectivity index (χ2v) is 5.51. The molecule has 0 aromatic heterocycles. The van der Waals surface area contributed by atoms with Crippen LogP contribution in [0.1, 0.15) is 0 Å². The fourth-order valence-corrected chi connectivity index (χ4v) is 1.79. The Morgan fingerprint density at radius 1 is 1.08 bits per heavy atom. The van der Waals surface area contributed by atoms with Crippen LogP contribution in [0.15, 0.2) is 30.3 Å². The van der Waals surface area contributed by atoms with E-state index < -0.39 is 6.72 Å². The van der Waals surface area contributed by atoms with Gasteiger partial charge in [0.1, 0.15) is 5.75 Å². The first-order valence-electron chi connectivity index (χ1n) is 3.15. The summed E-state index contributed by atoms with van der Waals surface area (Å²) in [6.07, 6.45) is 0. The number of rotatable bonds is 4. The smallest absolute Gasteiger partial charge is 0.414 e. The molecule has 72 valence electrons. The average Bonchev–Trinajstić information content (AvgIpc) is 2.19. The topological polar surface area (TPSA) is 27.7 Å². The molecular formula is C6H5Cl2O3PS. The molecule has 0 heterocycles. The first kappa shape index (κ1) is 11.2. The first-order chi connectivity index (χ1) is 6.20. The van der Waals surface area contributed by atoms with Gasteiger partial charge in [0.15, 0.2) is 0 Å². The molecule has 0 bridgehead atoms. The van der Waals surface area contributed by atoms with Crippen LogP contribution in [0.5, 0.6) is 5.75 Å². The van der Waals surface area contributed by atoms with E-state index in [0.29, 0.717) is 5.75 Å². The summed E-state index contributed by atoms with van der Waals surface area (Å²) in [5.74, 6) is 0.493. The van der Waals surface area contributed by atoms with Crippen molar-refractivity contribution in [2.75, 3.05) is 0 Å². The van der Waals surface area contributed by atoms with Gasteiger partial charge >= 0.3 is 6.72 Å². The molecule has 0 unspecified atom stereocenters. The molecule has 0 amide bonds. The highest BCUT2D eigenvalue weighted by molar-refractivity contribution is 8.08. The Labute approximate surface area is 91.1 Å². The van der Waals surface area contributed by atoms with E-state index in [2.05, 4.69) is 8.15 Å². The predicted octanol–water partition coefficient (Wildman–Crippen LogP) is 3.63. The zero-order chi connectivity index (χ0) is 9.73. The van der Waals surface area contributed by atoms with Crippen LogP contribution >= 0.6 is 30.5 Å². The number of hydrogen-bond donors (Lipinski definition) is 0. The van der Waals surface area contributed by atoms with Crippen LogP contribution in [0, 0.1) is 0 Å². The van der Waals surface area contributed by atoms with Gasteiger partial charge in [-0.15, -0.1) is 0 Å². The number of para-hydroxylation sites is 1. The van der Waals surface area contributed by atoms with Gasteiger partial charge in [-0.2, -0.15) is 8.15 Å². The van der Waals surface area contributed by atoms with Crippen molar-refractivity contribution in [2.24, 2.45) is 0 Å². The van der Waals surface area contributed by atoms with Crippen molar-refractivity contribution in [3.8, 4) is 5.75 Å². The summed E-state index contributed by atoms with van der Waals surface area (Å²) in [6.45, 7) is -3.04. The molecule has 1 aromatic carbocycles. The summed E-state index contributed by atoms with van der Waals surface area (Å²) in [4.78, 5) is 0. The van der Waals surface area contributed by atoms with E-state index >= 15 is 0 Å². The van der Waals surface area contributed by atoms with Crippen LogP contribution in [0.25, 0.3) is 0 Å². The molecule has 0 fully saturated rings. The highest BCUT2D eigenvalue weighted by Gasteiger charge is 2.21. The summed E-state index contributed by atoms with van der Waals surface area (Å²) >= 11 is 14.9. The van der Waals surface area contributed by atoms with Crippen LogP contribution in [-0.2, 0) is 20.0 Å². The second kappa shape index (κ2) is 5.15. The van der Waals surface area contributed by atoms with Gasteiger partial charge < -0.3 is 4.52 Å². The van der Waals surface area contributed by atoms with Gasteiger partial charge in [0.05, 0.1) is 23.7 Å². The molecule has 0 aliphatic rings. The molecule has 0 radical (unpaired) electrons. The van der Waals surface area contributed by atoms with E-state index in [1.54, 1.807) is 24.3 Å². The minimum absolute atomic E-state index is 0.493. The maximum absolute atomic E-state index is 5.12. The Morgan fingerprint density at radius 3 is 2.08 bits per heavy atom. The first-order valence-corrected chi connectivity index (χ1v) is 6.33. The molecular weight excluding hydrogens is 254 g/mol. The number of benzene rings is 1. The second-order valence-electron chi connectivity index (χ2n) is 1.99. The van der Waals surface area contributed by atoms with E-state index in [9.17, 15) is 0 Å². The van der Waals surface area contributed by atoms with Crippen molar-refractivity contribution in [1.82, 2.24) is 0 Å². The van der Waals surface area contributed by atoms with Gasteiger partial charge in [-0.05, 0) is 12.1 Å². The monoisotopic (exact) mass is 258 g/mol. The highest BCUT2D eigenvalue weighted by atomic mass is 35.5. The minimum atomic E-state index is -3.04. The normalized spacial score (nSPS) is 11.2. The summed E-state index contributed by atoms with van der Waals surface area (Å²) in [6, 6.07) is 8.76. The van der Waals surface area contributed by atoms with Gasteiger partial charge in [-0.3, -0.25) is 0 Å². The fraction of sp³-hybridized carbons (Fsp3) is 0. The molecule has 0 atom stereocenters. The van der Waals surface area contributed by atoms with Crippen LogP contribution in [0.2, 0.25) is 0 Å². The summed E-state index contributed by atoms with van der Waals surface area (Å²) < 4.78 is 13.7. The lowest BCUT2D eigenvalue weighted by Crippen LogP contribution is -1.91. The minimum Gasteiger partial charge on any atom is -0.423 e. The maximum Gasteiger partial charge on any atom is 0.414 e. The third-order valence-electron chi connectivity index (χ3n) is 1.13. The molecule has 0 saturated carbocycles. The number of halogens is 2. The molecule has 0 N–H and O–H groups in total. The van der Waals surface area contributed by atoms with Gasteiger partial charge in [0.25, 0.3) is 0 Å². The lowest BCUT2D eigenvalue weighted by atomic mass is 10.3. The summed E-state index contributed by atoms with van der Waals surface area (Å²) in [5.41, 5.74) is 0. The molecule has 1 aromatic rings. The largest absolute Gasteiger partial charge is 0.423 e. The van der Waals surface area contributed by atoms with E-state index in [1.165, 1.54) is 0 Å². The zero-order valence-corrected chi connectivity index (χ0v) is 9.45. The van der Waals surface area contributed by atoms with Crippen LogP contribution in [0.4, 0.5) is 0 Å². The van der Waals surface area contributed by atoms with Crippen molar-refractivity contribution in [3.63, 3.8) is 0 Å². The Bertz CT molecular complexity index is 300. The Hall–Kier alpha value is 0.170. The van der Waals surface area contributed by atoms with E-state index in [-0.39, 0.29) is 0 Å². The van der Waals surface area contributed by atoms with Crippen LogP contribution < -0.4 is 4.52 Å². The zero-order valence-electron chi connectivity index (χ0n) is 6.22. The molecule has 0 aliphatic carbocycles. The lowest BCUT2D eigenvalue weighted by molar-refractivity contribution is 0.415. The molecule has 0 aliphatic heterocycles. The quantitative estimate of drug-likeness (QED) is 0.771. The summed E-state index contributed by atoms with van der Waals surface area (Å²) in [5, 5.41) is 0. The third kappa shape index (κ3) is 3.43. The SMILES string of the molecule is S=P(OCl)(OCl)Oc1ccccc1. The molecule has 7 heteroatoms. The third-order valence-corrected chi connectivity index (χ3v) is 4.15. The van der Waals surface area contributed by atoms with E-state index in [0.717, 1.165) is 0 Å². The van der Waals surface area contributed by atoms with Crippen molar-refractivity contribution in [3.05, 3.63) is 30.3 Å². The van der Waals surface area contributed by atoms with Crippen molar-refractivity contribution < 1.29 is 12.7 Å². The lowest BCUT2D eigenvalue weighted by Gasteiger charge is -2.13. The molecule has 1 rings (SSSR count). The van der Waals surface area contributed by atoms with Gasteiger partial charge in [0, 0.05) is 11.8 Å². The van der Waals surface area contributed by atoms with Gasteiger partial charge in [0.2, 0.25) is 0 Å². The molecule has 0 spiro atoms. The maximum atomic E-state index is 5.12. The molecule has 13 heavy (non-hydrogen) atoms. The predicted molar refractivity (Wildman–Crippen MR) is 55.2 cm³/mol. The summed E-state index contributed by atoms with van der Waals surface area (Å²) in [7, 11) is 0. The standard InChI is InChI=1S/C6H5Cl2O3PS/c7-10-12(13,11-8)9-6-4-2-1-3-5-6/h1-5H. The average molecular weight is 259 g/mol. The van der Waals surface area contributed by atoms with E-state index in [1.807, 2.05) is 6.07 Å². The van der Waals surface area contributed by atoms with Crippen molar-refractivity contribution in [1.29, 1.82) is 0 Å². The fourth-order valence-electron chi connectivity index (χ4n) is 0.649. The highest BCUT2D eigenvalue weighted by Crippen LogP contribution is 2.51. The van der Waals surface area contributed by atoms with Crippen LogP contribution in [0.3, 0.4) is 0 Å². The number of hydrogen-bond acceptors (Lipinski definition) is 4. The van der Waals surface area contributed by atoms with Crippen LogP contribution in [-0.4, -0.2) is 0 Å². The molecule has 0 saturated heterocycles. The Kier molecular flexibility index (Phi) is 4.46. The molecule has 3 nitrogen and oxygen atoms in total. The Balaban J connectivity index is 2.74. The van der Waals surface area contributed by atoms with E-state index in [4.69, 9.17) is 40.1 Å². The van der Waals surface area contributed by atoms with Gasteiger partial charge in [-0.1, -0.05) is 18.2 Å². The van der Waals surface area contributed by atoms with Crippen molar-refractivity contribution >= 4 is 42.3 Å². The van der Waals surface area contributed by atoms with Gasteiger partial charge in [-0.25, -0.2) is 0 Å².